The molecule has 0 spiro atoms. The normalized spacial score (nSPS) is 12.6. The number of para-hydroxylation sites is 2. The standard InChI is InChI=1S/C29H27N3O4S/c1-20-13-15-24(16-14-20)37(35,36)32(22-8-6-7-21(17-22)29(30)34)19-23(33)18-31-27-11-4-2-9-25(27)26-10-3-5-12-28(26)31/h2-17,23,33H,18-19H2,1H3,(H2,30,34)/t23-/m1/s1. The molecule has 188 valence electrons. The van der Waals surface area contributed by atoms with Crippen molar-refractivity contribution in [1.29, 1.82) is 0 Å². The number of sulfonamides is 1. The summed E-state index contributed by atoms with van der Waals surface area (Å²) in [5.74, 6) is -0.666. The van der Waals surface area contributed by atoms with Gasteiger partial charge in [-0.25, -0.2) is 8.42 Å². The molecule has 0 saturated heterocycles. The Morgan fingerprint density at radius 2 is 1.49 bits per heavy atom. The second kappa shape index (κ2) is 9.72. The number of benzene rings is 4. The molecule has 37 heavy (non-hydrogen) atoms. The molecule has 1 heterocycles. The predicted molar refractivity (Wildman–Crippen MR) is 146 cm³/mol. The average molecular weight is 514 g/mol. The Hall–Kier alpha value is -4.14. The molecule has 0 aliphatic carbocycles. The summed E-state index contributed by atoms with van der Waals surface area (Å²) in [6.07, 6.45) is -1.06. The van der Waals surface area contributed by atoms with Gasteiger partial charge in [0.15, 0.2) is 0 Å². The van der Waals surface area contributed by atoms with Crippen molar-refractivity contribution < 1.29 is 18.3 Å². The number of fused-ring (bicyclic) bond motifs is 3. The van der Waals surface area contributed by atoms with Crippen LogP contribution in [0.15, 0.2) is 102 Å². The van der Waals surface area contributed by atoms with E-state index in [1.807, 2.05) is 60.0 Å². The zero-order valence-electron chi connectivity index (χ0n) is 20.3. The van der Waals surface area contributed by atoms with E-state index in [2.05, 4.69) is 0 Å². The monoisotopic (exact) mass is 513 g/mol. The first kappa shape index (κ1) is 24.5. The van der Waals surface area contributed by atoms with Crippen LogP contribution in [-0.2, 0) is 16.6 Å². The molecule has 8 heteroatoms. The molecule has 0 aliphatic rings. The van der Waals surface area contributed by atoms with Crippen molar-refractivity contribution in [3.05, 3.63) is 108 Å². The number of rotatable bonds is 8. The summed E-state index contributed by atoms with van der Waals surface area (Å²) >= 11 is 0. The largest absolute Gasteiger partial charge is 0.389 e. The van der Waals surface area contributed by atoms with Crippen molar-refractivity contribution in [1.82, 2.24) is 4.57 Å². The van der Waals surface area contributed by atoms with Gasteiger partial charge < -0.3 is 15.4 Å². The van der Waals surface area contributed by atoms with Gasteiger partial charge in [-0.05, 0) is 49.4 Å². The lowest BCUT2D eigenvalue weighted by molar-refractivity contribution is 0.100. The third-order valence-corrected chi connectivity index (χ3v) is 8.29. The number of hydrogen-bond acceptors (Lipinski definition) is 4. The number of nitrogens with zero attached hydrogens (tertiary/aromatic N) is 2. The van der Waals surface area contributed by atoms with Crippen molar-refractivity contribution in [3.8, 4) is 0 Å². The summed E-state index contributed by atoms with van der Waals surface area (Å²) in [7, 11) is -4.06. The van der Waals surface area contributed by atoms with E-state index in [1.54, 1.807) is 24.3 Å². The molecule has 1 amide bonds. The first-order valence-electron chi connectivity index (χ1n) is 11.9. The Kier molecular flexibility index (Phi) is 6.45. The SMILES string of the molecule is Cc1ccc(S(=O)(=O)N(C[C@H](O)Cn2c3ccccc3c3ccccc32)c2cccc(C(N)=O)c2)cc1. The molecule has 0 fully saturated rings. The van der Waals surface area contributed by atoms with Crippen LogP contribution < -0.4 is 10.0 Å². The smallest absolute Gasteiger partial charge is 0.264 e. The molecule has 4 aromatic carbocycles. The van der Waals surface area contributed by atoms with Gasteiger partial charge in [0, 0.05) is 27.4 Å². The number of carbonyl (C=O) groups excluding carboxylic acids is 1. The van der Waals surface area contributed by atoms with Gasteiger partial charge in [-0.15, -0.1) is 0 Å². The average Bonchev–Trinajstić information content (AvgIpc) is 3.21. The van der Waals surface area contributed by atoms with Gasteiger partial charge in [-0.2, -0.15) is 0 Å². The molecule has 0 aliphatic heterocycles. The Bertz CT molecular complexity index is 1660. The minimum Gasteiger partial charge on any atom is -0.389 e. The maximum Gasteiger partial charge on any atom is 0.264 e. The summed E-state index contributed by atoms with van der Waals surface area (Å²) in [6, 6.07) is 28.5. The van der Waals surface area contributed by atoms with E-state index in [1.165, 1.54) is 24.3 Å². The number of amides is 1. The quantitative estimate of drug-likeness (QED) is 0.320. The molecule has 7 nitrogen and oxygen atoms in total. The minimum absolute atomic E-state index is 0.0895. The van der Waals surface area contributed by atoms with Gasteiger partial charge in [0.05, 0.1) is 29.8 Å². The van der Waals surface area contributed by atoms with Crippen molar-refractivity contribution in [2.45, 2.75) is 24.5 Å². The highest BCUT2D eigenvalue weighted by atomic mass is 32.2. The zero-order chi connectivity index (χ0) is 26.2. The van der Waals surface area contributed by atoms with Crippen molar-refractivity contribution >= 4 is 43.4 Å². The predicted octanol–water partition coefficient (Wildman–Crippen LogP) is 4.46. The molecule has 0 saturated carbocycles. The summed E-state index contributed by atoms with van der Waals surface area (Å²) in [5.41, 5.74) is 8.71. The van der Waals surface area contributed by atoms with E-state index in [-0.39, 0.29) is 29.2 Å². The summed E-state index contributed by atoms with van der Waals surface area (Å²) < 4.78 is 30.7. The number of aromatic nitrogens is 1. The highest BCUT2D eigenvalue weighted by Gasteiger charge is 2.28. The lowest BCUT2D eigenvalue weighted by atomic mass is 10.2. The number of nitrogens with two attached hydrogens (primary N) is 1. The fraction of sp³-hybridized carbons (Fsp3) is 0.138. The Balaban J connectivity index is 1.55. The van der Waals surface area contributed by atoms with Crippen LogP contribution in [0.4, 0.5) is 5.69 Å². The highest BCUT2D eigenvalue weighted by molar-refractivity contribution is 7.92. The van der Waals surface area contributed by atoms with E-state index in [0.29, 0.717) is 0 Å². The number of aliphatic hydroxyl groups excluding tert-OH is 1. The van der Waals surface area contributed by atoms with Crippen LogP contribution in [0.5, 0.6) is 0 Å². The molecule has 5 aromatic rings. The van der Waals surface area contributed by atoms with Crippen LogP contribution >= 0.6 is 0 Å². The van der Waals surface area contributed by atoms with Crippen molar-refractivity contribution in [2.75, 3.05) is 10.8 Å². The molecule has 0 radical (unpaired) electrons. The summed E-state index contributed by atoms with van der Waals surface area (Å²) in [4.78, 5) is 11.9. The fourth-order valence-corrected chi connectivity index (χ4v) is 6.15. The number of anilines is 1. The van der Waals surface area contributed by atoms with Crippen LogP contribution in [0.25, 0.3) is 21.8 Å². The van der Waals surface area contributed by atoms with E-state index in [4.69, 9.17) is 5.73 Å². The third-order valence-electron chi connectivity index (χ3n) is 6.48. The lowest BCUT2D eigenvalue weighted by Gasteiger charge is -2.27. The Labute approximate surface area is 215 Å². The fourth-order valence-electron chi connectivity index (χ4n) is 4.65. The number of aryl methyl sites for hydroxylation is 1. The zero-order valence-corrected chi connectivity index (χ0v) is 21.1. The molecule has 0 unspecified atom stereocenters. The van der Waals surface area contributed by atoms with E-state index >= 15 is 0 Å². The molecule has 5 rings (SSSR count). The van der Waals surface area contributed by atoms with Crippen LogP contribution in [0.2, 0.25) is 0 Å². The Morgan fingerprint density at radius 1 is 0.892 bits per heavy atom. The molecule has 0 bridgehead atoms. The van der Waals surface area contributed by atoms with Gasteiger partial charge in [0.2, 0.25) is 5.91 Å². The number of primary amides is 1. The van der Waals surface area contributed by atoms with Crippen molar-refractivity contribution in [2.24, 2.45) is 5.73 Å². The number of hydrogen-bond donors (Lipinski definition) is 2. The third kappa shape index (κ3) is 4.69. The first-order valence-corrected chi connectivity index (χ1v) is 13.3. The number of aliphatic hydroxyl groups is 1. The maximum absolute atomic E-state index is 13.8. The van der Waals surface area contributed by atoms with E-state index in [9.17, 15) is 18.3 Å². The lowest BCUT2D eigenvalue weighted by Crippen LogP contribution is -2.39. The van der Waals surface area contributed by atoms with Crippen molar-refractivity contribution in [3.63, 3.8) is 0 Å². The van der Waals surface area contributed by atoms with Crippen LogP contribution in [-0.4, -0.2) is 36.6 Å². The molecule has 1 aromatic heterocycles. The molecular formula is C29H27N3O4S. The van der Waals surface area contributed by atoms with Gasteiger partial charge >= 0.3 is 0 Å². The van der Waals surface area contributed by atoms with E-state index in [0.717, 1.165) is 31.7 Å². The molecule has 3 N–H and O–H groups in total. The van der Waals surface area contributed by atoms with Gasteiger partial charge in [0.1, 0.15) is 0 Å². The summed E-state index contributed by atoms with van der Waals surface area (Å²) in [6.45, 7) is 1.82. The maximum atomic E-state index is 13.8. The van der Waals surface area contributed by atoms with Gasteiger partial charge in [-0.3, -0.25) is 9.10 Å². The van der Waals surface area contributed by atoms with Gasteiger partial charge in [0.25, 0.3) is 10.0 Å². The molecular weight excluding hydrogens is 486 g/mol. The first-order chi connectivity index (χ1) is 17.8. The highest BCUT2D eigenvalue weighted by Crippen LogP contribution is 2.30. The summed E-state index contributed by atoms with van der Waals surface area (Å²) in [5, 5.41) is 13.4. The minimum atomic E-state index is -4.06. The van der Waals surface area contributed by atoms with Crippen LogP contribution in [0.3, 0.4) is 0 Å². The second-order valence-electron chi connectivity index (χ2n) is 9.06. The van der Waals surface area contributed by atoms with Gasteiger partial charge in [-0.1, -0.05) is 60.2 Å². The second-order valence-corrected chi connectivity index (χ2v) is 10.9. The molecule has 1 atom stereocenters. The Morgan fingerprint density at radius 3 is 2.08 bits per heavy atom. The van der Waals surface area contributed by atoms with Crippen LogP contribution in [0, 0.1) is 6.92 Å². The van der Waals surface area contributed by atoms with E-state index < -0.39 is 22.0 Å². The topological polar surface area (TPSA) is 106 Å². The van der Waals surface area contributed by atoms with Crippen LogP contribution in [0.1, 0.15) is 15.9 Å². The number of carbonyl (C=O) groups is 1.